The second-order valence-corrected chi connectivity index (χ2v) is 11.2. The SMILES string of the molecule is COC(=O)C1C(=O)C2=C(CC1c1ccc3c(c1)OCO3)Nc1c(ccc3ncccc13)C2c1ccc(C(C)C)cc1. The Morgan fingerprint density at radius 3 is 2.56 bits per heavy atom. The number of hydrogen-bond acceptors (Lipinski definition) is 7. The van der Waals surface area contributed by atoms with Crippen molar-refractivity contribution in [2.75, 3.05) is 19.2 Å². The van der Waals surface area contributed by atoms with Crippen LogP contribution in [0.25, 0.3) is 10.9 Å². The molecule has 41 heavy (non-hydrogen) atoms. The van der Waals surface area contributed by atoms with E-state index in [1.165, 1.54) is 12.7 Å². The van der Waals surface area contributed by atoms with Crippen molar-refractivity contribution in [2.45, 2.75) is 38.0 Å². The van der Waals surface area contributed by atoms with Crippen LogP contribution in [0.1, 0.15) is 60.3 Å². The molecule has 3 unspecified atom stereocenters. The Labute approximate surface area is 238 Å². The van der Waals surface area contributed by atoms with E-state index >= 15 is 0 Å². The smallest absolute Gasteiger partial charge is 0.317 e. The predicted octanol–water partition coefficient (Wildman–Crippen LogP) is 6.44. The fourth-order valence-corrected chi connectivity index (χ4v) is 6.51. The second-order valence-electron chi connectivity index (χ2n) is 11.2. The summed E-state index contributed by atoms with van der Waals surface area (Å²) >= 11 is 0. The van der Waals surface area contributed by atoms with Crippen molar-refractivity contribution in [1.29, 1.82) is 0 Å². The average Bonchev–Trinajstić information content (AvgIpc) is 3.48. The van der Waals surface area contributed by atoms with Crippen molar-refractivity contribution < 1.29 is 23.8 Å². The highest BCUT2D eigenvalue weighted by atomic mass is 16.7. The number of benzene rings is 3. The van der Waals surface area contributed by atoms with Crippen LogP contribution < -0.4 is 14.8 Å². The lowest BCUT2D eigenvalue weighted by molar-refractivity contribution is -0.149. The summed E-state index contributed by atoms with van der Waals surface area (Å²) in [5.74, 6) is -0.869. The number of nitrogens with zero attached hydrogens (tertiary/aromatic N) is 1. The normalized spacial score (nSPS) is 21.0. The number of pyridine rings is 1. The van der Waals surface area contributed by atoms with Crippen LogP contribution in [0.4, 0.5) is 5.69 Å². The average molecular weight is 547 g/mol. The molecule has 7 nitrogen and oxygen atoms in total. The van der Waals surface area contributed by atoms with Crippen LogP contribution in [0, 0.1) is 5.92 Å². The van der Waals surface area contributed by atoms with Gasteiger partial charge in [0.25, 0.3) is 0 Å². The molecular formula is C34H30N2O5. The number of nitrogens with one attached hydrogen (secondary N) is 1. The molecule has 7 heteroatoms. The Bertz CT molecular complexity index is 1740. The molecule has 206 valence electrons. The summed E-state index contributed by atoms with van der Waals surface area (Å²) in [5.41, 5.74) is 7.30. The van der Waals surface area contributed by atoms with Crippen LogP contribution in [0.5, 0.6) is 11.5 Å². The first kappa shape index (κ1) is 25.3. The monoisotopic (exact) mass is 546 g/mol. The highest BCUT2D eigenvalue weighted by Gasteiger charge is 2.48. The molecule has 0 fully saturated rings. The Morgan fingerprint density at radius 1 is 1.00 bits per heavy atom. The Balaban J connectivity index is 1.42. The number of anilines is 1. The van der Waals surface area contributed by atoms with Crippen LogP contribution in [0.3, 0.4) is 0 Å². The van der Waals surface area contributed by atoms with Crippen LogP contribution in [0.2, 0.25) is 0 Å². The van der Waals surface area contributed by atoms with Gasteiger partial charge in [0.15, 0.2) is 17.3 Å². The fraction of sp³-hybridized carbons (Fsp3) is 0.265. The molecule has 3 heterocycles. The molecule has 4 aromatic rings. The number of methoxy groups -OCH3 is 1. The Hall–Kier alpha value is -4.65. The highest BCUT2D eigenvalue weighted by Crippen LogP contribution is 2.52. The van der Waals surface area contributed by atoms with E-state index in [-0.39, 0.29) is 18.5 Å². The Kier molecular flexibility index (Phi) is 6.03. The van der Waals surface area contributed by atoms with Crippen LogP contribution in [0.15, 0.2) is 84.2 Å². The molecule has 1 aliphatic carbocycles. The van der Waals surface area contributed by atoms with E-state index in [4.69, 9.17) is 14.2 Å². The van der Waals surface area contributed by atoms with Crippen molar-refractivity contribution >= 4 is 28.3 Å². The minimum atomic E-state index is -0.984. The third-order valence-electron chi connectivity index (χ3n) is 8.61. The molecule has 0 radical (unpaired) electrons. The summed E-state index contributed by atoms with van der Waals surface area (Å²) in [7, 11) is 1.34. The van der Waals surface area contributed by atoms with Crippen LogP contribution >= 0.6 is 0 Å². The molecule has 3 atom stereocenters. The van der Waals surface area contributed by atoms with Crippen molar-refractivity contribution in [3.63, 3.8) is 0 Å². The number of fused-ring (bicyclic) bond motifs is 4. The lowest BCUT2D eigenvalue weighted by Gasteiger charge is -2.39. The number of Topliss-reactive ketones (excluding diaryl/α,β-unsaturated/α-hetero) is 1. The molecular weight excluding hydrogens is 516 g/mol. The number of carbonyl (C=O) groups excluding carboxylic acids is 2. The number of allylic oxidation sites excluding steroid dienone is 2. The number of esters is 1. The Morgan fingerprint density at radius 2 is 1.78 bits per heavy atom. The number of rotatable bonds is 4. The van der Waals surface area contributed by atoms with Gasteiger partial charge in [0.05, 0.1) is 18.3 Å². The van der Waals surface area contributed by atoms with E-state index < -0.39 is 17.8 Å². The molecule has 3 aliphatic rings. The van der Waals surface area contributed by atoms with Gasteiger partial charge in [-0.1, -0.05) is 50.2 Å². The topological polar surface area (TPSA) is 86.8 Å². The van der Waals surface area contributed by atoms with E-state index in [1.54, 1.807) is 6.20 Å². The summed E-state index contributed by atoms with van der Waals surface area (Å²) in [6.45, 7) is 4.47. The van der Waals surface area contributed by atoms with Gasteiger partial charge >= 0.3 is 5.97 Å². The fourth-order valence-electron chi connectivity index (χ4n) is 6.51. The molecule has 0 bridgehead atoms. The number of hydrogen-bond donors (Lipinski definition) is 1. The largest absolute Gasteiger partial charge is 0.468 e. The first-order chi connectivity index (χ1) is 19.9. The zero-order chi connectivity index (χ0) is 28.2. The lowest BCUT2D eigenvalue weighted by atomic mass is 9.67. The molecule has 0 spiro atoms. The third-order valence-corrected chi connectivity index (χ3v) is 8.61. The quantitative estimate of drug-likeness (QED) is 0.233. The van der Waals surface area contributed by atoms with E-state index in [0.717, 1.165) is 39.0 Å². The van der Waals surface area contributed by atoms with Gasteiger partial charge in [-0.2, -0.15) is 0 Å². The van der Waals surface area contributed by atoms with Crippen molar-refractivity contribution in [3.8, 4) is 11.5 Å². The van der Waals surface area contributed by atoms with Gasteiger partial charge in [-0.3, -0.25) is 14.6 Å². The van der Waals surface area contributed by atoms with Crippen molar-refractivity contribution in [1.82, 2.24) is 4.98 Å². The number of ketones is 1. The van der Waals surface area contributed by atoms with E-state index in [1.807, 2.05) is 36.4 Å². The maximum absolute atomic E-state index is 14.5. The van der Waals surface area contributed by atoms with Gasteiger partial charge in [-0.15, -0.1) is 0 Å². The molecule has 7 rings (SSSR count). The molecule has 0 amide bonds. The molecule has 3 aromatic carbocycles. The minimum Gasteiger partial charge on any atom is -0.468 e. The number of ether oxygens (including phenoxy) is 3. The zero-order valence-electron chi connectivity index (χ0n) is 23.1. The maximum atomic E-state index is 14.5. The van der Waals surface area contributed by atoms with Gasteiger partial charge in [-0.05, 0) is 64.9 Å². The molecule has 1 aromatic heterocycles. The summed E-state index contributed by atoms with van der Waals surface area (Å²) in [6, 6.07) is 22.1. The first-order valence-electron chi connectivity index (χ1n) is 13.9. The van der Waals surface area contributed by atoms with Gasteiger partial charge < -0.3 is 19.5 Å². The van der Waals surface area contributed by atoms with Gasteiger partial charge in [0, 0.05) is 34.7 Å². The summed E-state index contributed by atoms with van der Waals surface area (Å²) in [5, 5.41) is 4.63. The number of carbonyl (C=O) groups is 2. The number of aromatic nitrogens is 1. The van der Waals surface area contributed by atoms with Crippen molar-refractivity contribution in [2.24, 2.45) is 5.92 Å². The van der Waals surface area contributed by atoms with Gasteiger partial charge in [0.2, 0.25) is 6.79 Å². The summed E-state index contributed by atoms with van der Waals surface area (Å²) in [6.07, 6.45) is 2.24. The van der Waals surface area contributed by atoms with E-state index in [0.29, 0.717) is 29.4 Å². The third kappa shape index (κ3) is 4.06. The van der Waals surface area contributed by atoms with Gasteiger partial charge in [0.1, 0.15) is 5.92 Å². The van der Waals surface area contributed by atoms with E-state index in [9.17, 15) is 9.59 Å². The van der Waals surface area contributed by atoms with Gasteiger partial charge in [-0.25, -0.2) is 0 Å². The standard InChI is InChI=1S/C34H30N2O5/c1-18(2)19-6-8-20(9-7-19)29-23-11-12-25-22(5-4-14-35-25)32(23)36-26-16-24(30(34(38)39-3)33(37)31(26)29)21-10-13-27-28(15-21)41-17-40-27/h4-15,18,24,29-30,36H,16-17H2,1-3H3. The minimum absolute atomic E-state index is 0.148. The summed E-state index contributed by atoms with van der Waals surface area (Å²) < 4.78 is 16.4. The highest BCUT2D eigenvalue weighted by molar-refractivity contribution is 6.13. The van der Waals surface area contributed by atoms with Crippen molar-refractivity contribution in [3.05, 3.63) is 106 Å². The molecule has 0 saturated heterocycles. The molecule has 2 aliphatic heterocycles. The lowest BCUT2D eigenvalue weighted by Crippen LogP contribution is -2.40. The maximum Gasteiger partial charge on any atom is 0.317 e. The predicted molar refractivity (Wildman–Crippen MR) is 155 cm³/mol. The van der Waals surface area contributed by atoms with E-state index in [2.05, 4.69) is 54.5 Å². The first-order valence-corrected chi connectivity index (χ1v) is 13.9. The zero-order valence-corrected chi connectivity index (χ0v) is 23.1. The van der Waals surface area contributed by atoms with Crippen LogP contribution in [-0.2, 0) is 14.3 Å². The summed E-state index contributed by atoms with van der Waals surface area (Å²) in [4.78, 5) is 32.4. The van der Waals surface area contributed by atoms with Crippen LogP contribution in [-0.4, -0.2) is 30.6 Å². The second kappa shape index (κ2) is 9.77. The molecule has 1 N–H and O–H groups in total. The molecule has 0 saturated carbocycles.